The highest BCUT2D eigenvalue weighted by Gasteiger charge is 2.29. The molecule has 2 aromatic carbocycles. The number of carbonyl (C=O) groups excluding carboxylic acids is 2. The summed E-state index contributed by atoms with van der Waals surface area (Å²) in [6.07, 6.45) is 1.75. The molecule has 2 N–H and O–H groups in total. The molecule has 0 aliphatic carbocycles. The van der Waals surface area contributed by atoms with E-state index >= 15 is 0 Å². The lowest BCUT2D eigenvalue weighted by Gasteiger charge is -2.36. The van der Waals surface area contributed by atoms with Crippen molar-refractivity contribution in [3.05, 3.63) is 89.0 Å². The molecule has 7 nitrogen and oxygen atoms in total. The van der Waals surface area contributed by atoms with Crippen LogP contribution in [-0.4, -0.2) is 57.9 Å². The number of rotatable bonds is 5. The van der Waals surface area contributed by atoms with Crippen LogP contribution in [0.15, 0.2) is 67.0 Å². The molecule has 1 atom stereocenters. The molecule has 3 aromatic rings. The van der Waals surface area contributed by atoms with Crippen molar-refractivity contribution < 1.29 is 19.1 Å². The van der Waals surface area contributed by atoms with Gasteiger partial charge in [0, 0.05) is 44.3 Å². The molecule has 4 rings (SSSR count). The van der Waals surface area contributed by atoms with Gasteiger partial charge < -0.3 is 20.2 Å². The normalized spacial score (nSPS) is 14.6. The summed E-state index contributed by atoms with van der Waals surface area (Å²) in [4.78, 5) is 33.1. The van der Waals surface area contributed by atoms with Crippen molar-refractivity contribution in [3.63, 3.8) is 0 Å². The van der Waals surface area contributed by atoms with Gasteiger partial charge in [-0.15, -0.1) is 0 Å². The van der Waals surface area contributed by atoms with Gasteiger partial charge in [0.05, 0.1) is 16.3 Å². The Hall–Kier alpha value is -3.49. The minimum absolute atomic E-state index is 0.0105. The first-order valence-electron chi connectivity index (χ1n) is 10.4. The Kier molecular flexibility index (Phi) is 6.86. The van der Waals surface area contributed by atoms with Gasteiger partial charge in [0.25, 0.3) is 11.8 Å². The Morgan fingerprint density at radius 1 is 1.03 bits per heavy atom. The zero-order valence-electron chi connectivity index (χ0n) is 17.6. The van der Waals surface area contributed by atoms with E-state index in [1.807, 2.05) is 6.07 Å². The molecule has 1 saturated heterocycles. The van der Waals surface area contributed by atoms with Gasteiger partial charge in [-0.05, 0) is 29.8 Å². The fraction of sp³-hybridized carbons (Fsp3) is 0.208. The quantitative estimate of drug-likeness (QED) is 0.597. The van der Waals surface area contributed by atoms with Crippen LogP contribution in [0.1, 0.15) is 22.0 Å². The molecule has 2 heterocycles. The maximum atomic E-state index is 13.8. The number of aliphatic hydroxyl groups is 1. The second-order valence-electron chi connectivity index (χ2n) is 7.61. The zero-order chi connectivity index (χ0) is 23.4. The van der Waals surface area contributed by atoms with Crippen LogP contribution in [0.25, 0.3) is 0 Å². The van der Waals surface area contributed by atoms with Gasteiger partial charge in [0.1, 0.15) is 5.82 Å². The predicted octanol–water partition coefficient (Wildman–Crippen LogP) is 3.64. The lowest BCUT2D eigenvalue weighted by molar-refractivity contribution is -0.142. The summed E-state index contributed by atoms with van der Waals surface area (Å²) in [7, 11) is 0. The summed E-state index contributed by atoms with van der Waals surface area (Å²) >= 11 is 5.74. The molecule has 0 bridgehead atoms. The fourth-order valence-electron chi connectivity index (χ4n) is 3.65. The highest BCUT2D eigenvalue weighted by Crippen LogP contribution is 2.25. The van der Waals surface area contributed by atoms with E-state index in [0.717, 1.165) is 0 Å². The zero-order valence-corrected chi connectivity index (χ0v) is 18.4. The van der Waals surface area contributed by atoms with Crippen molar-refractivity contribution >= 4 is 34.8 Å². The van der Waals surface area contributed by atoms with E-state index in [1.54, 1.807) is 46.2 Å². The Morgan fingerprint density at radius 2 is 1.73 bits per heavy atom. The number of hydrogen-bond donors (Lipinski definition) is 2. The monoisotopic (exact) mass is 468 g/mol. The third-order valence-corrected chi connectivity index (χ3v) is 5.78. The highest BCUT2D eigenvalue weighted by molar-refractivity contribution is 6.30. The van der Waals surface area contributed by atoms with Crippen LogP contribution in [0.3, 0.4) is 0 Å². The van der Waals surface area contributed by atoms with Crippen LogP contribution in [0, 0.1) is 5.82 Å². The van der Waals surface area contributed by atoms with Gasteiger partial charge in [-0.1, -0.05) is 41.9 Å². The number of aromatic nitrogens is 1. The molecule has 1 aromatic heterocycles. The van der Waals surface area contributed by atoms with Crippen LogP contribution in [-0.2, 0) is 4.79 Å². The van der Waals surface area contributed by atoms with Gasteiger partial charge in [-0.25, -0.2) is 4.39 Å². The average Bonchev–Trinajstić information content (AvgIpc) is 2.86. The molecule has 1 aliphatic rings. The van der Waals surface area contributed by atoms with Gasteiger partial charge in [-0.2, -0.15) is 0 Å². The fourth-order valence-corrected chi connectivity index (χ4v) is 3.77. The van der Waals surface area contributed by atoms with E-state index in [-0.39, 0.29) is 16.8 Å². The van der Waals surface area contributed by atoms with E-state index in [0.29, 0.717) is 48.7 Å². The molecule has 33 heavy (non-hydrogen) atoms. The standard InChI is InChI=1S/C24H22ClFN4O3/c25-19-7-6-17(14-20(19)26)28-21-8-9-27-15-18(21)23(32)29-10-12-30(13-11-29)24(33)22(31)16-4-2-1-3-5-16/h1-9,14-15,22,31H,10-13H2,(H,27,28)/t22-/m1/s1. The predicted molar refractivity (Wildman–Crippen MR) is 123 cm³/mol. The highest BCUT2D eigenvalue weighted by atomic mass is 35.5. The maximum absolute atomic E-state index is 13.8. The van der Waals surface area contributed by atoms with Crippen LogP contribution in [0.4, 0.5) is 15.8 Å². The molecular formula is C24H22ClFN4O3. The third kappa shape index (κ3) is 5.13. The second kappa shape index (κ2) is 9.97. The first-order chi connectivity index (χ1) is 15.9. The van der Waals surface area contributed by atoms with Crippen LogP contribution in [0.2, 0.25) is 5.02 Å². The van der Waals surface area contributed by atoms with Crippen molar-refractivity contribution in [2.75, 3.05) is 31.5 Å². The number of halogens is 2. The Bertz CT molecular complexity index is 1150. The third-order valence-electron chi connectivity index (χ3n) is 5.48. The van der Waals surface area contributed by atoms with Gasteiger partial charge in [0.2, 0.25) is 0 Å². The van der Waals surface area contributed by atoms with E-state index in [9.17, 15) is 19.1 Å². The number of nitrogens with zero attached hydrogens (tertiary/aromatic N) is 3. The van der Waals surface area contributed by atoms with Gasteiger partial charge in [0.15, 0.2) is 6.10 Å². The van der Waals surface area contributed by atoms with Crippen molar-refractivity contribution in [3.8, 4) is 0 Å². The lowest BCUT2D eigenvalue weighted by atomic mass is 10.1. The summed E-state index contributed by atoms with van der Waals surface area (Å²) in [6.45, 7) is 1.24. The van der Waals surface area contributed by atoms with E-state index < -0.39 is 11.9 Å². The number of hydrogen-bond acceptors (Lipinski definition) is 5. The lowest BCUT2D eigenvalue weighted by Crippen LogP contribution is -2.51. The summed E-state index contributed by atoms with van der Waals surface area (Å²) in [5.41, 5.74) is 1.79. The maximum Gasteiger partial charge on any atom is 0.257 e. The molecule has 0 unspecified atom stereocenters. The van der Waals surface area contributed by atoms with Crippen molar-refractivity contribution in [1.82, 2.24) is 14.8 Å². The summed E-state index contributed by atoms with van der Waals surface area (Å²) in [5, 5.41) is 13.4. The Balaban J connectivity index is 1.42. The van der Waals surface area contributed by atoms with Crippen LogP contribution >= 0.6 is 11.6 Å². The van der Waals surface area contributed by atoms with E-state index in [1.165, 1.54) is 24.5 Å². The number of nitrogens with one attached hydrogen (secondary N) is 1. The minimum atomic E-state index is -1.23. The molecular weight excluding hydrogens is 447 g/mol. The smallest absolute Gasteiger partial charge is 0.257 e. The topological polar surface area (TPSA) is 85.8 Å². The first kappa shape index (κ1) is 22.7. The van der Waals surface area contributed by atoms with Crippen LogP contribution in [0.5, 0.6) is 0 Å². The van der Waals surface area contributed by atoms with E-state index in [4.69, 9.17) is 11.6 Å². The molecule has 0 saturated carbocycles. The van der Waals surface area contributed by atoms with Crippen molar-refractivity contribution in [2.24, 2.45) is 0 Å². The SMILES string of the molecule is O=C(c1cnccc1Nc1ccc(Cl)c(F)c1)N1CCN(C(=O)[C@H](O)c2ccccc2)CC1. The largest absolute Gasteiger partial charge is 0.378 e. The molecule has 9 heteroatoms. The minimum Gasteiger partial charge on any atom is -0.378 e. The number of anilines is 2. The van der Waals surface area contributed by atoms with Gasteiger partial charge in [-0.3, -0.25) is 14.6 Å². The number of pyridine rings is 1. The Labute approximate surface area is 195 Å². The van der Waals surface area contributed by atoms with E-state index in [2.05, 4.69) is 10.3 Å². The molecule has 2 amide bonds. The number of benzene rings is 2. The van der Waals surface area contributed by atoms with Crippen molar-refractivity contribution in [2.45, 2.75) is 6.10 Å². The first-order valence-corrected chi connectivity index (χ1v) is 10.8. The van der Waals surface area contributed by atoms with Crippen LogP contribution < -0.4 is 5.32 Å². The summed E-state index contributed by atoms with van der Waals surface area (Å²) < 4.78 is 13.8. The number of piperazine rings is 1. The average molecular weight is 469 g/mol. The molecule has 0 spiro atoms. The summed E-state index contributed by atoms with van der Waals surface area (Å²) in [6, 6.07) is 14.7. The second-order valence-corrected chi connectivity index (χ2v) is 8.01. The Morgan fingerprint density at radius 3 is 2.42 bits per heavy atom. The number of carbonyl (C=O) groups is 2. The summed E-state index contributed by atoms with van der Waals surface area (Å²) in [5.74, 6) is -1.21. The van der Waals surface area contributed by atoms with Gasteiger partial charge >= 0.3 is 0 Å². The molecule has 0 radical (unpaired) electrons. The van der Waals surface area contributed by atoms with Crippen molar-refractivity contribution in [1.29, 1.82) is 0 Å². The molecule has 170 valence electrons. The molecule has 1 aliphatic heterocycles. The number of aliphatic hydroxyl groups excluding tert-OH is 1. The number of amides is 2. The molecule has 1 fully saturated rings.